The number of rotatable bonds is 14. The van der Waals surface area contributed by atoms with Crippen LogP contribution in [0.25, 0.3) is 0 Å². The zero-order chi connectivity index (χ0) is 32.3. The Morgan fingerprint density at radius 2 is 1.62 bits per heavy atom. The van der Waals surface area contributed by atoms with Crippen LogP contribution in [0.1, 0.15) is 94.2 Å². The lowest BCUT2D eigenvalue weighted by atomic mass is 9.92. The van der Waals surface area contributed by atoms with Crippen LogP contribution in [0.4, 0.5) is 0 Å². The van der Waals surface area contributed by atoms with Crippen molar-refractivity contribution in [2.45, 2.75) is 84.8 Å². The third-order valence-electron chi connectivity index (χ3n) is 9.69. The van der Waals surface area contributed by atoms with Crippen LogP contribution in [0.15, 0.2) is 48.5 Å². The van der Waals surface area contributed by atoms with E-state index < -0.39 is 0 Å². The molecule has 2 aliphatic rings. The average molecular weight is 621 g/mol. The number of benzene rings is 2. The molecule has 2 unspecified atom stereocenters. The second kappa shape index (κ2) is 17.1. The number of aromatic hydroxyl groups is 1. The van der Waals surface area contributed by atoms with Crippen molar-refractivity contribution in [2.75, 3.05) is 59.0 Å². The van der Waals surface area contributed by atoms with Gasteiger partial charge in [-0.15, -0.1) is 0 Å². The van der Waals surface area contributed by atoms with Gasteiger partial charge in [-0.3, -0.25) is 24.3 Å². The van der Waals surface area contributed by atoms with E-state index in [0.29, 0.717) is 44.1 Å². The summed E-state index contributed by atoms with van der Waals surface area (Å²) in [6.45, 7) is 18.7. The maximum Gasteiger partial charge on any atom is 0.305 e. The fourth-order valence-corrected chi connectivity index (χ4v) is 6.85. The standard InChI is InChI=1S/C37H56N4O4/c1-6-28(3)25-40-26-30(5)41(27-29(40)4)36(32-14-12-16-34(42)24-32)31-13-11-15-33(23-31)37(44)39-21-19-38(20-22-39)18-10-8-9-17-35(43)45-7-2/h11-16,23-24,28-30,36,42H,6-10,17-22,25-27H2,1-5H3/t28?,29-,30+,36?/m1/s1. The van der Waals surface area contributed by atoms with Gasteiger partial charge in [-0.25, -0.2) is 0 Å². The van der Waals surface area contributed by atoms with Gasteiger partial charge in [-0.2, -0.15) is 0 Å². The molecule has 8 heteroatoms. The molecule has 2 heterocycles. The van der Waals surface area contributed by atoms with E-state index in [0.717, 1.165) is 75.2 Å². The highest BCUT2D eigenvalue weighted by molar-refractivity contribution is 5.94. The number of phenolic OH excluding ortho intramolecular Hbond substituents is 1. The molecule has 0 saturated carbocycles. The van der Waals surface area contributed by atoms with Crippen molar-refractivity contribution < 1.29 is 19.4 Å². The van der Waals surface area contributed by atoms with Crippen molar-refractivity contribution in [3.63, 3.8) is 0 Å². The van der Waals surface area contributed by atoms with Gasteiger partial charge in [0.25, 0.3) is 5.91 Å². The van der Waals surface area contributed by atoms with Crippen molar-refractivity contribution in [2.24, 2.45) is 5.92 Å². The van der Waals surface area contributed by atoms with Crippen LogP contribution in [0.2, 0.25) is 0 Å². The lowest BCUT2D eigenvalue weighted by Gasteiger charge is -2.48. The average Bonchev–Trinajstić information content (AvgIpc) is 3.03. The first kappa shape index (κ1) is 34.9. The molecule has 0 spiro atoms. The number of carbonyl (C=O) groups is 2. The minimum atomic E-state index is -0.106. The van der Waals surface area contributed by atoms with Crippen LogP contribution >= 0.6 is 0 Å². The summed E-state index contributed by atoms with van der Waals surface area (Å²) in [6.07, 6.45) is 4.60. The highest BCUT2D eigenvalue weighted by atomic mass is 16.5. The molecule has 2 saturated heterocycles. The molecular weight excluding hydrogens is 564 g/mol. The van der Waals surface area contributed by atoms with E-state index in [1.807, 2.05) is 36.1 Å². The van der Waals surface area contributed by atoms with Gasteiger partial charge in [-0.1, -0.05) is 51.0 Å². The smallest absolute Gasteiger partial charge is 0.305 e. The van der Waals surface area contributed by atoms with Crippen LogP contribution in [0, 0.1) is 5.92 Å². The third kappa shape index (κ3) is 9.77. The highest BCUT2D eigenvalue weighted by Crippen LogP contribution is 2.35. The molecule has 248 valence electrons. The van der Waals surface area contributed by atoms with E-state index >= 15 is 0 Å². The summed E-state index contributed by atoms with van der Waals surface area (Å²) in [5, 5.41) is 10.4. The van der Waals surface area contributed by atoms with Gasteiger partial charge in [0.1, 0.15) is 5.75 Å². The van der Waals surface area contributed by atoms with Gasteiger partial charge in [0.2, 0.25) is 0 Å². The maximum atomic E-state index is 13.8. The van der Waals surface area contributed by atoms with Crippen LogP contribution in [-0.4, -0.2) is 108 Å². The van der Waals surface area contributed by atoms with E-state index in [1.54, 1.807) is 6.07 Å². The first-order chi connectivity index (χ1) is 21.7. The number of unbranched alkanes of at least 4 members (excludes halogenated alkanes) is 2. The summed E-state index contributed by atoms with van der Waals surface area (Å²) < 4.78 is 5.01. The van der Waals surface area contributed by atoms with Crippen LogP contribution in [-0.2, 0) is 9.53 Å². The first-order valence-electron chi connectivity index (χ1n) is 17.3. The lowest BCUT2D eigenvalue weighted by Crippen LogP contribution is -2.57. The van der Waals surface area contributed by atoms with Crippen molar-refractivity contribution in [1.29, 1.82) is 0 Å². The summed E-state index contributed by atoms with van der Waals surface area (Å²) in [5.41, 5.74) is 2.86. The monoisotopic (exact) mass is 620 g/mol. The molecule has 1 amide bonds. The number of ether oxygens (including phenoxy) is 1. The number of nitrogens with zero attached hydrogens (tertiary/aromatic N) is 4. The Kier molecular flexibility index (Phi) is 13.3. The number of hydrogen-bond donors (Lipinski definition) is 1. The molecule has 2 fully saturated rings. The topological polar surface area (TPSA) is 76.6 Å². The van der Waals surface area contributed by atoms with Gasteiger partial charge < -0.3 is 14.7 Å². The number of esters is 1. The minimum Gasteiger partial charge on any atom is -0.508 e. The SMILES string of the molecule is CCOC(=O)CCCCCN1CCN(C(=O)c2cccc(C(c3cccc(O)c3)N3C[C@@H](C)N(CC(C)CC)C[C@@H]3C)c2)CC1. The molecule has 0 aliphatic carbocycles. The molecule has 4 atom stereocenters. The van der Waals surface area contributed by atoms with Crippen molar-refractivity contribution >= 4 is 11.9 Å². The Labute approximate surface area is 271 Å². The van der Waals surface area contributed by atoms with Gasteiger partial charge >= 0.3 is 5.97 Å². The molecule has 4 rings (SSSR count). The molecule has 0 bridgehead atoms. The van der Waals surface area contributed by atoms with Crippen LogP contribution < -0.4 is 0 Å². The Hall–Kier alpha value is -2.94. The summed E-state index contributed by atoms with van der Waals surface area (Å²) in [4.78, 5) is 34.9. The molecule has 2 aliphatic heterocycles. The largest absolute Gasteiger partial charge is 0.508 e. The Bertz CT molecular complexity index is 1230. The van der Waals surface area contributed by atoms with Gasteiger partial charge in [0.05, 0.1) is 12.6 Å². The number of carbonyl (C=O) groups excluding carboxylic acids is 2. The van der Waals surface area contributed by atoms with Gasteiger partial charge in [-0.05, 0) is 81.5 Å². The molecular formula is C37H56N4O4. The summed E-state index contributed by atoms with van der Waals surface area (Å²) in [7, 11) is 0. The van der Waals surface area contributed by atoms with Gasteiger partial charge in [0, 0.05) is 69.9 Å². The summed E-state index contributed by atoms with van der Waals surface area (Å²) in [6, 6.07) is 16.4. The molecule has 0 radical (unpaired) electrons. The molecule has 2 aromatic rings. The number of piperazine rings is 2. The van der Waals surface area contributed by atoms with Crippen molar-refractivity contribution in [1.82, 2.24) is 19.6 Å². The van der Waals surface area contributed by atoms with E-state index in [2.05, 4.69) is 60.6 Å². The summed E-state index contributed by atoms with van der Waals surface area (Å²) in [5.74, 6) is 0.907. The number of hydrogen-bond acceptors (Lipinski definition) is 7. The normalized spacial score (nSPS) is 21.4. The zero-order valence-corrected chi connectivity index (χ0v) is 28.3. The minimum absolute atomic E-state index is 0.0614. The van der Waals surface area contributed by atoms with E-state index in [-0.39, 0.29) is 23.7 Å². The van der Waals surface area contributed by atoms with Crippen molar-refractivity contribution in [3.8, 4) is 5.75 Å². The van der Waals surface area contributed by atoms with Gasteiger partial charge in [0.15, 0.2) is 0 Å². The highest BCUT2D eigenvalue weighted by Gasteiger charge is 2.35. The number of amides is 1. The number of phenols is 1. The van der Waals surface area contributed by atoms with E-state index in [4.69, 9.17) is 4.74 Å². The van der Waals surface area contributed by atoms with E-state index in [9.17, 15) is 14.7 Å². The second-order valence-electron chi connectivity index (χ2n) is 13.2. The van der Waals surface area contributed by atoms with Crippen LogP contribution in [0.3, 0.4) is 0 Å². The molecule has 8 nitrogen and oxygen atoms in total. The third-order valence-corrected chi connectivity index (χ3v) is 9.69. The van der Waals surface area contributed by atoms with Crippen LogP contribution in [0.5, 0.6) is 5.75 Å². The van der Waals surface area contributed by atoms with Crippen molar-refractivity contribution in [3.05, 3.63) is 65.2 Å². The second-order valence-corrected chi connectivity index (χ2v) is 13.2. The maximum absolute atomic E-state index is 13.8. The fraction of sp³-hybridized carbons (Fsp3) is 0.622. The first-order valence-corrected chi connectivity index (χ1v) is 17.3. The molecule has 2 aromatic carbocycles. The molecule has 45 heavy (non-hydrogen) atoms. The predicted octanol–water partition coefficient (Wildman–Crippen LogP) is 5.80. The summed E-state index contributed by atoms with van der Waals surface area (Å²) >= 11 is 0. The quantitative estimate of drug-likeness (QED) is 0.211. The Morgan fingerprint density at radius 1 is 0.911 bits per heavy atom. The fourth-order valence-electron chi connectivity index (χ4n) is 6.85. The Balaban J connectivity index is 1.41. The predicted molar refractivity (Wildman–Crippen MR) is 180 cm³/mol. The lowest BCUT2D eigenvalue weighted by molar-refractivity contribution is -0.143. The molecule has 0 aromatic heterocycles. The molecule has 1 N–H and O–H groups in total. The van der Waals surface area contributed by atoms with E-state index in [1.165, 1.54) is 6.42 Å². The zero-order valence-electron chi connectivity index (χ0n) is 28.3. The Morgan fingerprint density at radius 3 is 2.31 bits per heavy atom.